The van der Waals surface area contributed by atoms with Crippen molar-refractivity contribution in [3.05, 3.63) is 24.3 Å². The first kappa shape index (κ1) is 20.5. The summed E-state index contributed by atoms with van der Waals surface area (Å²) in [5, 5.41) is 0. The number of morpholine rings is 1. The first-order chi connectivity index (χ1) is 12.0. The van der Waals surface area contributed by atoms with Crippen LogP contribution in [0.2, 0.25) is 0 Å². The Morgan fingerprint density at radius 2 is 1.76 bits per heavy atom. The molecule has 1 fully saturated rings. The summed E-state index contributed by atoms with van der Waals surface area (Å²) in [5.41, 5.74) is 0. The van der Waals surface area contributed by atoms with Crippen molar-refractivity contribution < 1.29 is 38.1 Å². The summed E-state index contributed by atoms with van der Waals surface area (Å²) in [6.45, 7) is 2.59. The van der Waals surface area contributed by atoms with Crippen molar-refractivity contribution in [2.45, 2.75) is 6.10 Å². The van der Waals surface area contributed by atoms with E-state index in [1.54, 1.807) is 0 Å². The molecule has 0 aromatic heterocycles. The smallest absolute Gasteiger partial charge is 0.331 e. The number of ether oxygens (including phenoxy) is 4. The van der Waals surface area contributed by atoms with Gasteiger partial charge in [-0.25, -0.2) is 14.4 Å². The summed E-state index contributed by atoms with van der Waals surface area (Å²) in [4.78, 5) is 46.4. The highest BCUT2D eigenvalue weighted by Gasteiger charge is 2.21. The van der Waals surface area contributed by atoms with Crippen LogP contribution in [0.3, 0.4) is 0 Å². The van der Waals surface area contributed by atoms with Crippen molar-refractivity contribution in [1.29, 1.82) is 0 Å². The lowest BCUT2D eigenvalue weighted by Crippen LogP contribution is -2.43. The van der Waals surface area contributed by atoms with E-state index in [1.165, 1.54) is 7.11 Å². The number of aldehydes is 1. The summed E-state index contributed by atoms with van der Waals surface area (Å²) in [5.74, 6) is -2.17. The average Bonchev–Trinajstić information content (AvgIpc) is 2.63. The number of hydrogen-bond acceptors (Lipinski definition) is 9. The second kappa shape index (κ2) is 11.9. The van der Waals surface area contributed by atoms with E-state index < -0.39 is 24.0 Å². The van der Waals surface area contributed by atoms with Crippen LogP contribution in [0.15, 0.2) is 24.3 Å². The molecule has 0 saturated carbocycles. The predicted octanol–water partition coefficient (Wildman–Crippen LogP) is -0.742. The first-order valence-corrected chi connectivity index (χ1v) is 7.60. The third-order valence-corrected chi connectivity index (χ3v) is 3.13. The largest absolute Gasteiger partial charge is 0.466 e. The molecule has 138 valence electrons. The van der Waals surface area contributed by atoms with Gasteiger partial charge in [0.15, 0.2) is 0 Å². The Morgan fingerprint density at radius 3 is 2.40 bits per heavy atom. The maximum atomic E-state index is 11.8. The first-order valence-electron chi connectivity index (χ1n) is 7.60. The minimum absolute atomic E-state index is 0.183. The molecule has 0 aromatic rings. The number of methoxy groups -OCH3 is 1. The van der Waals surface area contributed by atoms with E-state index in [2.05, 4.69) is 4.74 Å². The van der Waals surface area contributed by atoms with Gasteiger partial charge in [0.2, 0.25) is 0 Å². The highest BCUT2D eigenvalue weighted by Crippen LogP contribution is 2.04. The summed E-state index contributed by atoms with van der Waals surface area (Å²) in [7, 11) is 1.19. The Labute approximate surface area is 145 Å². The lowest BCUT2D eigenvalue weighted by Gasteiger charge is -2.29. The van der Waals surface area contributed by atoms with Crippen LogP contribution < -0.4 is 0 Å². The van der Waals surface area contributed by atoms with Gasteiger partial charge in [-0.15, -0.1) is 0 Å². The number of carbonyl (C=O) groups is 4. The summed E-state index contributed by atoms with van der Waals surface area (Å²) >= 11 is 0. The van der Waals surface area contributed by atoms with Crippen LogP contribution in [0.5, 0.6) is 0 Å². The van der Waals surface area contributed by atoms with Gasteiger partial charge in [-0.2, -0.15) is 0 Å². The molecule has 1 rings (SSSR count). The van der Waals surface area contributed by atoms with Gasteiger partial charge >= 0.3 is 17.9 Å². The molecule has 1 atom stereocenters. The van der Waals surface area contributed by atoms with E-state index in [0.29, 0.717) is 39.1 Å². The lowest BCUT2D eigenvalue weighted by molar-refractivity contribution is -0.154. The van der Waals surface area contributed by atoms with Gasteiger partial charge < -0.3 is 18.9 Å². The fraction of sp³-hybridized carbons (Fsp3) is 0.500. The number of allylic oxidation sites excluding steroid dienone is 1. The van der Waals surface area contributed by atoms with E-state index in [1.807, 2.05) is 4.90 Å². The van der Waals surface area contributed by atoms with Gasteiger partial charge in [0.25, 0.3) is 0 Å². The molecule has 0 N–H and O–H groups in total. The molecular formula is C16H21NO8. The van der Waals surface area contributed by atoms with E-state index in [9.17, 15) is 19.2 Å². The fourth-order valence-corrected chi connectivity index (χ4v) is 1.94. The van der Waals surface area contributed by atoms with Crippen molar-refractivity contribution >= 4 is 24.2 Å². The molecule has 1 saturated heterocycles. The molecule has 9 nitrogen and oxygen atoms in total. The third-order valence-electron chi connectivity index (χ3n) is 3.13. The zero-order valence-corrected chi connectivity index (χ0v) is 13.9. The van der Waals surface area contributed by atoms with E-state index in [4.69, 9.17) is 14.2 Å². The zero-order valence-electron chi connectivity index (χ0n) is 13.9. The van der Waals surface area contributed by atoms with Gasteiger partial charge in [0.05, 0.1) is 20.3 Å². The number of hydrogen-bond donors (Lipinski definition) is 0. The summed E-state index contributed by atoms with van der Waals surface area (Å²) in [6.07, 6.45) is 3.56. The quantitative estimate of drug-likeness (QED) is 0.229. The normalized spacial score (nSPS) is 16.5. The van der Waals surface area contributed by atoms with Gasteiger partial charge in [-0.05, 0) is 6.08 Å². The maximum Gasteiger partial charge on any atom is 0.331 e. The van der Waals surface area contributed by atoms with E-state index in [-0.39, 0.29) is 6.61 Å². The topological polar surface area (TPSA) is 108 Å². The Balaban J connectivity index is 2.59. The molecule has 0 aliphatic carbocycles. The summed E-state index contributed by atoms with van der Waals surface area (Å²) < 4.78 is 19.8. The Bertz CT molecular complexity index is 522. The van der Waals surface area contributed by atoms with Gasteiger partial charge in [0, 0.05) is 37.9 Å². The zero-order chi connectivity index (χ0) is 18.5. The minimum Gasteiger partial charge on any atom is -0.466 e. The van der Waals surface area contributed by atoms with Crippen LogP contribution in [0, 0.1) is 0 Å². The SMILES string of the molecule is COC(=O)/C=C/C(=O)O[C@H](COC(=O)/C=C/C=O)CN1CCOCC1. The predicted molar refractivity (Wildman–Crippen MR) is 84.5 cm³/mol. The van der Waals surface area contributed by atoms with Crippen molar-refractivity contribution in [1.82, 2.24) is 4.90 Å². The minimum atomic E-state index is -0.761. The number of nitrogens with zero attached hydrogens (tertiary/aromatic N) is 1. The molecular weight excluding hydrogens is 334 g/mol. The molecule has 0 unspecified atom stereocenters. The van der Waals surface area contributed by atoms with Crippen molar-refractivity contribution in [3.8, 4) is 0 Å². The third kappa shape index (κ3) is 9.38. The van der Waals surface area contributed by atoms with Crippen LogP contribution >= 0.6 is 0 Å². The van der Waals surface area contributed by atoms with Crippen LogP contribution in [0.1, 0.15) is 0 Å². The maximum absolute atomic E-state index is 11.8. The molecule has 25 heavy (non-hydrogen) atoms. The van der Waals surface area contributed by atoms with Crippen molar-refractivity contribution in [3.63, 3.8) is 0 Å². The Morgan fingerprint density at radius 1 is 1.08 bits per heavy atom. The van der Waals surface area contributed by atoms with Gasteiger partial charge in [-0.1, -0.05) is 0 Å². The van der Waals surface area contributed by atoms with E-state index >= 15 is 0 Å². The summed E-state index contributed by atoms with van der Waals surface area (Å²) in [6, 6.07) is 0. The van der Waals surface area contributed by atoms with Crippen LogP contribution in [-0.4, -0.2) is 81.8 Å². The van der Waals surface area contributed by atoms with Crippen molar-refractivity contribution in [2.24, 2.45) is 0 Å². The average molecular weight is 355 g/mol. The molecule has 0 aromatic carbocycles. The highest BCUT2D eigenvalue weighted by atomic mass is 16.6. The number of carbonyl (C=O) groups excluding carboxylic acids is 4. The molecule has 9 heteroatoms. The monoisotopic (exact) mass is 355 g/mol. The van der Waals surface area contributed by atoms with E-state index in [0.717, 1.165) is 24.3 Å². The fourth-order valence-electron chi connectivity index (χ4n) is 1.94. The molecule has 1 heterocycles. The van der Waals surface area contributed by atoms with Crippen LogP contribution in [0.25, 0.3) is 0 Å². The molecule has 0 bridgehead atoms. The Kier molecular flexibility index (Phi) is 9.79. The van der Waals surface area contributed by atoms with Crippen molar-refractivity contribution in [2.75, 3.05) is 46.6 Å². The number of esters is 3. The molecule has 0 amide bonds. The lowest BCUT2D eigenvalue weighted by atomic mass is 10.3. The standard InChI is InChI=1S/C16H21NO8/c1-22-14(19)4-5-16(21)25-13(11-17-6-9-23-10-7-17)12-24-15(20)3-2-8-18/h2-5,8,13H,6-7,9-12H2,1H3/b3-2+,5-4+/t13-/m0/s1. The van der Waals surface area contributed by atoms with Gasteiger partial charge in [0.1, 0.15) is 19.0 Å². The highest BCUT2D eigenvalue weighted by molar-refractivity contribution is 5.91. The Hall–Kier alpha value is -2.52. The molecule has 0 radical (unpaired) electrons. The number of rotatable bonds is 9. The molecule has 1 aliphatic heterocycles. The van der Waals surface area contributed by atoms with Crippen LogP contribution in [-0.2, 0) is 38.1 Å². The molecule has 0 spiro atoms. The second-order valence-corrected chi connectivity index (χ2v) is 4.95. The molecule has 1 aliphatic rings. The van der Waals surface area contributed by atoms with Gasteiger partial charge in [-0.3, -0.25) is 9.69 Å². The van der Waals surface area contributed by atoms with Crippen LogP contribution in [0.4, 0.5) is 0 Å². The second-order valence-electron chi connectivity index (χ2n) is 4.95.